The van der Waals surface area contributed by atoms with Gasteiger partial charge < -0.3 is 9.97 Å². The number of nitrogens with zero attached hydrogens (tertiary/aromatic N) is 3. The third-order valence-electron chi connectivity index (χ3n) is 7.19. The summed E-state index contributed by atoms with van der Waals surface area (Å²) in [7, 11) is -1.51. The van der Waals surface area contributed by atoms with E-state index in [2.05, 4.69) is 47.8 Å². The maximum atomic E-state index is 8.99. The Morgan fingerprint density at radius 3 is 1.95 bits per heavy atom. The zero-order valence-corrected chi connectivity index (χ0v) is 27.6. The summed E-state index contributed by atoms with van der Waals surface area (Å²) in [5.74, 6) is -0.415. The van der Waals surface area contributed by atoms with E-state index < -0.39 is 27.7 Å². The number of pyridine rings is 3. The molecule has 1 radical (unpaired) electrons. The number of hydrogen-bond acceptors (Lipinski definition) is 3. The van der Waals surface area contributed by atoms with Crippen LogP contribution in [0.15, 0.2) is 91.3 Å². The van der Waals surface area contributed by atoms with Gasteiger partial charge >= 0.3 is 0 Å². The van der Waals surface area contributed by atoms with Crippen LogP contribution in [0.4, 0.5) is 0 Å². The predicted octanol–water partition coefficient (Wildman–Crippen LogP) is 8.98. The summed E-state index contributed by atoms with van der Waals surface area (Å²) >= 11 is 0. The van der Waals surface area contributed by atoms with Crippen molar-refractivity contribution in [3.63, 3.8) is 0 Å². The van der Waals surface area contributed by atoms with Crippen LogP contribution in [0.5, 0.6) is 0 Å². The molecule has 2 aromatic carbocycles. The molecule has 217 valence electrons. The van der Waals surface area contributed by atoms with Gasteiger partial charge in [-0.25, -0.2) is 0 Å². The average molecular weight is 753 g/mol. The molecular formula is C37H39IrN3Si-2. The molecule has 42 heavy (non-hydrogen) atoms. The maximum absolute atomic E-state index is 8.99. The second-order valence-corrected chi connectivity index (χ2v) is 16.3. The summed E-state index contributed by atoms with van der Waals surface area (Å²) in [5.41, 5.74) is 5.29. The van der Waals surface area contributed by atoms with Gasteiger partial charge in [0, 0.05) is 53.5 Å². The molecule has 3 heterocycles. The van der Waals surface area contributed by atoms with Crippen molar-refractivity contribution in [1.82, 2.24) is 15.0 Å². The van der Waals surface area contributed by atoms with Crippen molar-refractivity contribution in [2.75, 3.05) is 0 Å². The molecule has 0 saturated heterocycles. The molecule has 1 fully saturated rings. The summed E-state index contributed by atoms with van der Waals surface area (Å²) in [6, 6.07) is 30.1. The second kappa shape index (κ2) is 14.3. The molecular weight excluding hydrogens is 707 g/mol. The molecule has 1 aliphatic carbocycles. The SMILES string of the molecule is [2H]C([2H])([2H])c1cc(-c2ccnc(-c3[c-]cccc3)c2)cc(C([2H])([2H])[2H])n1.[2H]C1(c2cc(-c3[c-]cccc3)ncc2[Si](C)(C)C)CCCC1.[Ir]. The van der Waals surface area contributed by atoms with E-state index in [9.17, 15) is 0 Å². The quantitative estimate of drug-likeness (QED) is 0.133. The maximum Gasteiger partial charge on any atom is 0.0799 e. The normalized spacial score (nSPS) is 17.0. The van der Waals surface area contributed by atoms with Gasteiger partial charge in [-0.15, -0.1) is 71.8 Å². The molecule has 3 aromatic heterocycles. The molecule has 3 nitrogen and oxygen atoms in total. The molecule has 6 rings (SSSR count). The number of aromatic nitrogens is 3. The van der Waals surface area contributed by atoms with Crippen molar-refractivity contribution < 1.29 is 29.7 Å². The number of rotatable bonds is 5. The van der Waals surface area contributed by atoms with Crippen molar-refractivity contribution in [2.45, 2.75) is 64.9 Å². The first-order valence-electron chi connectivity index (χ1n) is 17.5. The molecule has 0 spiro atoms. The van der Waals surface area contributed by atoms with E-state index in [4.69, 9.17) is 14.6 Å². The molecule has 0 bridgehead atoms. The van der Waals surface area contributed by atoms with Crippen molar-refractivity contribution in [1.29, 1.82) is 0 Å². The minimum Gasteiger partial charge on any atom is -0.305 e. The summed E-state index contributed by atoms with van der Waals surface area (Å²) in [5, 5.41) is 1.35. The van der Waals surface area contributed by atoms with Gasteiger partial charge in [-0.1, -0.05) is 50.2 Å². The molecule has 0 atom stereocenters. The molecule has 1 aliphatic rings. The minimum atomic E-state index is -2.50. The zero-order valence-electron chi connectivity index (χ0n) is 31.2. The van der Waals surface area contributed by atoms with Crippen LogP contribution >= 0.6 is 0 Å². The van der Waals surface area contributed by atoms with Crippen molar-refractivity contribution in [3.8, 4) is 33.6 Å². The van der Waals surface area contributed by atoms with Crippen LogP contribution in [0.1, 0.15) is 58.1 Å². The minimum absolute atomic E-state index is 0. The van der Waals surface area contributed by atoms with Crippen LogP contribution in [-0.2, 0) is 20.1 Å². The molecule has 1 saturated carbocycles. The fourth-order valence-corrected chi connectivity index (χ4v) is 6.63. The van der Waals surface area contributed by atoms with E-state index in [0.717, 1.165) is 29.7 Å². The Labute approximate surface area is 276 Å². The third kappa shape index (κ3) is 7.98. The van der Waals surface area contributed by atoms with Gasteiger partial charge in [0.05, 0.1) is 8.07 Å². The zero-order chi connectivity index (χ0) is 34.7. The van der Waals surface area contributed by atoms with E-state index in [1.165, 1.54) is 35.7 Å². The molecule has 0 aliphatic heterocycles. The number of aryl methyl sites for hydroxylation is 2. The van der Waals surface area contributed by atoms with Gasteiger partial charge in [-0.3, -0.25) is 4.98 Å². The van der Waals surface area contributed by atoms with Gasteiger partial charge in [0.2, 0.25) is 0 Å². The van der Waals surface area contributed by atoms with Crippen molar-refractivity contribution in [3.05, 3.63) is 120 Å². The fourth-order valence-electron chi connectivity index (χ4n) is 5.12. The molecule has 0 unspecified atom stereocenters. The van der Waals surface area contributed by atoms with E-state index in [1.54, 1.807) is 24.4 Å². The standard InChI is InChI=1S/C19H24NSi.C18H15N2.Ir/c1-21(2,3)19-14-20-18(16-11-5-4-6-12-16)13-17(19)15-9-7-8-10-15;1-13-10-17(11-14(2)20-13)16-8-9-19-18(12-16)15-6-4-3-5-7-15;/h4-6,11,13-15H,7-10H2,1-3H3;3-6,8-12H,1-2H3;/q2*-1;/i15D;1D3,2D3;. The van der Waals surface area contributed by atoms with E-state index in [0.29, 0.717) is 16.8 Å². The average Bonchev–Trinajstić information content (AvgIpc) is 3.52. The van der Waals surface area contributed by atoms with Crippen LogP contribution in [0.25, 0.3) is 33.6 Å². The van der Waals surface area contributed by atoms with Crippen LogP contribution < -0.4 is 5.19 Å². The Bertz CT molecular complexity index is 1820. The second-order valence-electron chi connectivity index (χ2n) is 11.3. The van der Waals surface area contributed by atoms with Gasteiger partial charge in [-0.05, 0) is 78.3 Å². The fraction of sp³-hybridized carbons (Fsp3) is 0.270. The Hall–Kier alpha value is -3.24. The molecule has 0 amide bonds. The third-order valence-corrected chi connectivity index (χ3v) is 9.20. The predicted molar refractivity (Wildman–Crippen MR) is 174 cm³/mol. The first-order valence-corrected chi connectivity index (χ1v) is 17.5. The Morgan fingerprint density at radius 2 is 1.40 bits per heavy atom. The molecule has 0 N–H and O–H groups in total. The van der Waals surface area contributed by atoms with E-state index in [-0.39, 0.29) is 31.5 Å². The van der Waals surface area contributed by atoms with Crippen LogP contribution in [0.2, 0.25) is 19.6 Å². The number of hydrogen-bond donors (Lipinski definition) is 0. The van der Waals surface area contributed by atoms with Crippen LogP contribution in [0, 0.1) is 25.8 Å². The summed E-state index contributed by atoms with van der Waals surface area (Å²) < 4.78 is 54.5. The Morgan fingerprint density at radius 1 is 0.786 bits per heavy atom. The van der Waals surface area contributed by atoms with E-state index in [1.807, 2.05) is 48.7 Å². The Balaban J connectivity index is 0.000000219. The smallest absolute Gasteiger partial charge is 0.0799 e. The topological polar surface area (TPSA) is 38.7 Å². The van der Waals surface area contributed by atoms with E-state index >= 15 is 0 Å². The Kier molecular flexibility index (Phi) is 7.90. The van der Waals surface area contributed by atoms with Crippen molar-refractivity contribution >= 4 is 13.3 Å². The first-order chi connectivity index (χ1) is 22.5. The van der Waals surface area contributed by atoms with Crippen LogP contribution in [0.3, 0.4) is 0 Å². The summed E-state index contributed by atoms with van der Waals surface area (Å²) in [6.45, 7) is 2.04. The number of benzene rings is 2. The first kappa shape index (κ1) is 23.2. The van der Waals surface area contributed by atoms with Crippen molar-refractivity contribution in [2.24, 2.45) is 0 Å². The molecule has 5 heteroatoms. The van der Waals surface area contributed by atoms with Gasteiger partial charge in [0.1, 0.15) is 0 Å². The monoisotopic (exact) mass is 753 g/mol. The molecule has 5 aromatic rings. The largest absolute Gasteiger partial charge is 0.305 e. The van der Waals surface area contributed by atoms with Gasteiger partial charge in [0.15, 0.2) is 0 Å². The summed E-state index contributed by atoms with van der Waals surface area (Å²) in [6.07, 6.45) is 7.94. The van der Waals surface area contributed by atoms with Crippen LogP contribution in [-0.4, -0.2) is 23.0 Å². The summed E-state index contributed by atoms with van der Waals surface area (Å²) in [4.78, 5) is 12.8. The van der Waals surface area contributed by atoms with Gasteiger partial charge in [-0.2, -0.15) is 0 Å². The van der Waals surface area contributed by atoms with Gasteiger partial charge in [0.25, 0.3) is 0 Å².